The second-order valence-corrected chi connectivity index (χ2v) is 5.28. The molecule has 11 heavy (non-hydrogen) atoms. The van der Waals surface area contributed by atoms with Crippen LogP contribution in [0.3, 0.4) is 0 Å². The van der Waals surface area contributed by atoms with Gasteiger partial charge in [0.2, 0.25) is 0 Å². The minimum atomic E-state index is 0.343. The summed E-state index contributed by atoms with van der Waals surface area (Å²) in [6, 6.07) is 0. The second kappa shape index (κ2) is 1.70. The number of carbonyl (C=O) groups is 1. The molecule has 0 amide bonds. The van der Waals surface area contributed by atoms with Crippen LogP contribution < -0.4 is 0 Å². The smallest absolute Gasteiger partial charge is 0.136 e. The normalized spacial score (nSPS) is 42.5. The van der Waals surface area contributed by atoms with E-state index in [-0.39, 0.29) is 0 Å². The summed E-state index contributed by atoms with van der Waals surface area (Å²) in [6.45, 7) is 6.80. The number of ketones is 1. The molecule has 0 unspecified atom stereocenters. The Bertz CT molecular complexity index is 203. The number of rotatable bonds is 0. The van der Waals surface area contributed by atoms with Crippen LogP contribution in [0.2, 0.25) is 0 Å². The lowest BCUT2D eigenvalue weighted by molar-refractivity contribution is -0.119. The van der Waals surface area contributed by atoms with Gasteiger partial charge in [-0.1, -0.05) is 20.8 Å². The Balaban J connectivity index is 2.24. The van der Waals surface area contributed by atoms with Gasteiger partial charge in [0, 0.05) is 12.3 Å². The third kappa shape index (κ3) is 0.743. The van der Waals surface area contributed by atoms with Gasteiger partial charge in [-0.15, -0.1) is 0 Å². The maximum absolute atomic E-state index is 11.3. The molecule has 3 aliphatic carbocycles. The summed E-state index contributed by atoms with van der Waals surface area (Å²) in [5.74, 6) is 0.981. The van der Waals surface area contributed by atoms with Crippen LogP contribution >= 0.6 is 0 Å². The Kier molecular flexibility index (Phi) is 1.13. The number of hydrogen-bond donors (Lipinski definition) is 0. The molecule has 0 aromatic carbocycles. The highest BCUT2D eigenvalue weighted by molar-refractivity contribution is 5.87. The zero-order valence-corrected chi connectivity index (χ0v) is 7.61. The Labute approximate surface area is 68.2 Å². The molecule has 0 aromatic heterocycles. The standard InChI is InChI=1S/C10H16O/c1-9(2,3)10-4-7(5-10)8(11)6-10/h7H,4-6H2,1-3H3. The fourth-order valence-electron chi connectivity index (χ4n) is 2.61. The number of carbonyl (C=O) groups excluding carboxylic acids is 1. The monoisotopic (exact) mass is 152 g/mol. The Hall–Kier alpha value is -0.330. The van der Waals surface area contributed by atoms with E-state index in [1.165, 1.54) is 12.8 Å². The maximum Gasteiger partial charge on any atom is 0.136 e. The van der Waals surface area contributed by atoms with E-state index in [4.69, 9.17) is 0 Å². The molecule has 3 fully saturated rings. The van der Waals surface area contributed by atoms with Crippen molar-refractivity contribution in [3.05, 3.63) is 0 Å². The molecular weight excluding hydrogens is 136 g/mol. The molecule has 0 atom stereocenters. The topological polar surface area (TPSA) is 17.1 Å². The van der Waals surface area contributed by atoms with Gasteiger partial charge in [0.15, 0.2) is 0 Å². The summed E-state index contributed by atoms with van der Waals surface area (Å²) < 4.78 is 0. The SMILES string of the molecule is CC(C)(C)C12CC(=O)C(C1)C2. The van der Waals surface area contributed by atoms with Gasteiger partial charge in [-0.2, -0.15) is 0 Å². The van der Waals surface area contributed by atoms with Crippen LogP contribution in [0.1, 0.15) is 40.0 Å². The minimum absolute atomic E-state index is 0.343. The van der Waals surface area contributed by atoms with Gasteiger partial charge in [-0.3, -0.25) is 4.79 Å². The predicted octanol–water partition coefficient (Wildman–Crippen LogP) is 2.40. The van der Waals surface area contributed by atoms with Gasteiger partial charge in [-0.25, -0.2) is 0 Å². The average Bonchev–Trinajstić information content (AvgIpc) is 2.13. The first-order chi connectivity index (χ1) is 4.95. The number of fused-ring (bicyclic) bond motifs is 1. The lowest BCUT2D eigenvalue weighted by Gasteiger charge is -2.47. The molecule has 0 heterocycles. The lowest BCUT2D eigenvalue weighted by Crippen LogP contribution is -2.40. The summed E-state index contributed by atoms with van der Waals surface area (Å²) >= 11 is 0. The molecule has 3 aliphatic rings. The molecule has 3 rings (SSSR count). The zero-order chi connectivity index (χ0) is 8.28. The van der Waals surface area contributed by atoms with E-state index in [0.29, 0.717) is 22.5 Å². The van der Waals surface area contributed by atoms with Gasteiger partial charge in [0.1, 0.15) is 5.78 Å². The highest BCUT2D eigenvalue weighted by Gasteiger charge is 2.60. The molecule has 0 N–H and O–H groups in total. The van der Waals surface area contributed by atoms with Crippen LogP contribution in [0.15, 0.2) is 0 Å². The zero-order valence-electron chi connectivity index (χ0n) is 7.61. The third-order valence-electron chi connectivity index (χ3n) is 3.83. The quantitative estimate of drug-likeness (QED) is 0.521. The molecular formula is C10H16O. The molecule has 1 heteroatoms. The van der Waals surface area contributed by atoms with Gasteiger partial charge >= 0.3 is 0 Å². The van der Waals surface area contributed by atoms with Crippen molar-refractivity contribution in [1.29, 1.82) is 0 Å². The molecule has 0 saturated heterocycles. The summed E-state index contributed by atoms with van der Waals surface area (Å²) in [5, 5.41) is 0. The molecule has 3 saturated carbocycles. The van der Waals surface area contributed by atoms with Crippen LogP contribution in [0.5, 0.6) is 0 Å². The van der Waals surface area contributed by atoms with Crippen molar-refractivity contribution < 1.29 is 4.79 Å². The first kappa shape index (κ1) is 7.33. The predicted molar refractivity (Wildman–Crippen MR) is 44.2 cm³/mol. The summed E-state index contributed by atoms with van der Waals surface area (Å²) in [6.07, 6.45) is 3.21. The van der Waals surface area contributed by atoms with Crippen molar-refractivity contribution in [2.45, 2.75) is 40.0 Å². The molecule has 2 bridgehead atoms. The second-order valence-electron chi connectivity index (χ2n) is 5.28. The van der Waals surface area contributed by atoms with E-state index in [2.05, 4.69) is 20.8 Å². The van der Waals surface area contributed by atoms with E-state index in [9.17, 15) is 4.79 Å². The Morgan fingerprint density at radius 2 is 1.91 bits per heavy atom. The van der Waals surface area contributed by atoms with E-state index in [1.807, 2.05) is 0 Å². The molecule has 0 radical (unpaired) electrons. The summed E-state index contributed by atoms with van der Waals surface area (Å²) in [4.78, 5) is 11.3. The molecule has 0 aromatic rings. The van der Waals surface area contributed by atoms with Crippen LogP contribution in [-0.2, 0) is 4.79 Å². The van der Waals surface area contributed by atoms with Gasteiger partial charge in [-0.05, 0) is 23.7 Å². The van der Waals surface area contributed by atoms with Crippen LogP contribution in [0.25, 0.3) is 0 Å². The maximum atomic E-state index is 11.3. The van der Waals surface area contributed by atoms with Gasteiger partial charge in [0.05, 0.1) is 0 Å². The fraction of sp³-hybridized carbons (Fsp3) is 0.900. The first-order valence-electron chi connectivity index (χ1n) is 4.47. The van der Waals surface area contributed by atoms with Crippen molar-refractivity contribution in [2.75, 3.05) is 0 Å². The van der Waals surface area contributed by atoms with Crippen LogP contribution in [0.4, 0.5) is 0 Å². The van der Waals surface area contributed by atoms with Crippen molar-refractivity contribution >= 4 is 5.78 Å². The fourth-order valence-corrected chi connectivity index (χ4v) is 2.61. The first-order valence-corrected chi connectivity index (χ1v) is 4.47. The molecule has 1 nitrogen and oxygen atoms in total. The summed E-state index contributed by atoms with van der Waals surface area (Å²) in [5.41, 5.74) is 0.740. The van der Waals surface area contributed by atoms with Crippen LogP contribution in [-0.4, -0.2) is 5.78 Å². The highest BCUT2D eigenvalue weighted by Crippen LogP contribution is 2.64. The van der Waals surface area contributed by atoms with Crippen molar-refractivity contribution in [1.82, 2.24) is 0 Å². The largest absolute Gasteiger partial charge is 0.299 e. The Morgan fingerprint density at radius 1 is 1.36 bits per heavy atom. The van der Waals surface area contributed by atoms with E-state index >= 15 is 0 Å². The summed E-state index contributed by atoms with van der Waals surface area (Å²) in [7, 11) is 0. The highest BCUT2D eigenvalue weighted by atomic mass is 16.1. The van der Waals surface area contributed by atoms with Gasteiger partial charge in [0.25, 0.3) is 0 Å². The van der Waals surface area contributed by atoms with Crippen LogP contribution in [0, 0.1) is 16.7 Å². The minimum Gasteiger partial charge on any atom is -0.299 e. The Morgan fingerprint density at radius 3 is 2.09 bits per heavy atom. The number of hydrogen-bond acceptors (Lipinski definition) is 1. The molecule has 62 valence electrons. The lowest BCUT2D eigenvalue weighted by atomic mass is 9.56. The van der Waals surface area contributed by atoms with Crippen molar-refractivity contribution in [2.24, 2.45) is 16.7 Å². The number of Topliss-reactive ketones (excluding diaryl/α,β-unsaturated/α-hetero) is 1. The van der Waals surface area contributed by atoms with Gasteiger partial charge < -0.3 is 0 Å². The molecule has 0 spiro atoms. The van der Waals surface area contributed by atoms with E-state index in [0.717, 1.165) is 6.42 Å². The van der Waals surface area contributed by atoms with E-state index in [1.54, 1.807) is 0 Å². The van der Waals surface area contributed by atoms with Crippen molar-refractivity contribution in [3.63, 3.8) is 0 Å². The third-order valence-corrected chi connectivity index (χ3v) is 3.83. The van der Waals surface area contributed by atoms with Crippen molar-refractivity contribution in [3.8, 4) is 0 Å². The molecule has 0 aliphatic heterocycles. The average molecular weight is 152 g/mol. The van der Waals surface area contributed by atoms with E-state index < -0.39 is 0 Å².